The van der Waals surface area contributed by atoms with E-state index in [1.807, 2.05) is 18.3 Å². The van der Waals surface area contributed by atoms with Crippen molar-refractivity contribution in [3.05, 3.63) is 212 Å². The van der Waals surface area contributed by atoms with E-state index in [4.69, 9.17) is 9.97 Å². The van der Waals surface area contributed by atoms with Crippen LogP contribution in [0.4, 0.5) is 0 Å². The third-order valence-corrected chi connectivity index (χ3v) is 12.0. The molecule has 3 heterocycles. The SMILES string of the molecule is [Pt+2].[c-]1c(-c2ccc(-c3ccc(-c4ccccc4)cc3)cn2)cccc1-n1c2[c-]c(-c3nc4ccccc4s3)ccc2c2cc(-c3ccc(-c4ccccc4)cc3)ccc21. The normalized spacial score (nSPS) is 11.3. The largest absolute Gasteiger partial charge is 2.00 e. The van der Waals surface area contributed by atoms with Gasteiger partial charge in [0.15, 0.2) is 0 Å². The van der Waals surface area contributed by atoms with Crippen molar-refractivity contribution < 1.29 is 21.1 Å². The van der Waals surface area contributed by atoms with Gasteiger partial charge in [-0.1, -0.05) is 151 Å². The molecule has 0 aliphatic rings. The number of thiazole rings is 1. The first-order valence-corrected chi connectivity index (χ1v) is 20.2. The molecule has 0 atom stereocenters. The van der Waals surface area contributed by atoms with E-state index in [1.54, 1.807) is 11.3 Å². The Morgan fingerprint density at radius 2 is 1.03 bits per heavy atom. The van der Waals surface area contributed by atoms with Crippen LogP contribution in [0.15, 0.2) is 200 Å². The second kappa shape index (κ2) is 15.6. The Labute approximate surface area is 361 Å². The fourth-order valence-corrected chi connectivity index (χ4v) is 8.86. The molecular formula is C54H33N3PtS. The Kier molecular flexibility index (Phi) is 9.66. The summed E-state index contributed by atoms with van der Waals surface area (Å²) < 4.78 is 3.45. The minimum Gasteiger partial charge on any atom is -0.346 e. The van der Waals surface area contributed by atoms with Gasteiger partial charge in [0.25, 0.3) is 0 Å². The summed E-state index contributed by atoms with van der Waals surface area (Å²) in [6.45, 7) is 0. The van der Waals surface area contributed by atoms with Crippen molar-refractivity contribution >= 4 is 43.4 Å². The smallest absolute Gasteiger partial charge is 0.346 e. The zero-order valence-electron chi connectivity index (χ0n) is 31.6. The van der Waals surface area contributed by atoms with Crippen molar-refractivity contribution in [2.45, 2.75) is 0 Å². The molecular weight excluding hydrogens is 918 g/mol. The zero-order valence-corrected chi connectivity index (χ0v) is 34.7. The van der Waals surface area contributed by atoms with Gasteiger partial charge in [-0.05, 0) is 85.0 Å². The van der Waals surface area contributed by atoms with Gasteiger partial charge in [-0.2, -0.15) is 11.3 Å². The van der Waals surface area contributed by atoms with Crippen molar-refractivity contribution in [1.29, 1.82) is 0 Å². The summed E-state index contributed by atoms with van der Waals surface area (Å²) in [5.74, 6) is 0. The van der Waals surface area contributed by atoms with E-state index in [1.165, 1.54) is 32.5 Å². The van der Waals surface area contributed by atoms with Crippen LogP contribution in [0.3, 0.4) is 0 Å². The molecule has 0 fully saturated rings. The van der Waals surface area contributed by atoms with Gasteiger partial charge < -0.3 is 9.55 Å². The van der Waals surface area contributed by atoms with Gasteiger partial charge in [-0.15, -0.1) is 53.6 Å². The average Bonchev–Trinajstić information content (AvgIpc) is 3.89. The summed E-state index contributed by atoms with van der Waals surface area (Å²) in [7, 11) is 0. The van der Waals surface area contributed by atoms with E-state index in [2.05, 4.69) is 199 Å². The van der Waals surface area contributed by atoms with Crippen LogP contribution in [0.5, 0.6) is 0 Å². The topological polar surface area (TPSA) is 30.7 Å². The van der Waals surface area contributed by atoms with Crippen molar-refractivity contribution in [3.8, 4) is 72.0 Å². The quantitative estimate of drug-likeness (QED) is 0.149. The predicted molar refractivity (Wildman–Crippen MR) is 242 cm³/mol. The van der Waals surface area contributed by atoms with E-state index >= 15 is 0 Å². The maximum absolute atomic E-state index is 4.99. The van der Waals surface area contributed by atoms with Gasteiger partial charge in [-0.25, -0.2) is 0 Å². The molecule has 0 radical (unpaired) electrons. The van der Waals surface area contributed by atoms with E-state index in [0.29, 0.717) is 0 Å². The molecule has 0 unspecified atom stereocenters. The number of rotatable bonds is 7. The van der Waals surface area contributed by atoms with Crippen LogP contribution < -0.4 is 0 Å². The number of para-hydroxylation sites is 1. The number of fused-ring (bicyclic) bond motifs is 4. The van der Waals surface area contributed by atoms with Crippen LogP contribution in [0.1, 0.15) is 0 Å². The number of nitrogens with zero attached hydrogens (tertiary/aromatic N) is 3. The molecule has 0 aliphatic carbocycles. The fourth-order valence-electron chi connectivity index (χ4n) is 7.92. The minimum atomic E-state index is 0. The molecule has 0 saturated carbocycles. The maximum atomic E-state index is 4.99. The zero-order chi connectivity index (χ0) is 38.4. The van der Waals surface area contributed by atoms with Gasteiger partial charge in [0, 0.05) is 21.4 Å². The molecule has 280 valence electrons. The number of hydrogen-bond donors (Lipinski definition) is 0. The van der Waals surface area contributed by atoms with Crippen molar-refractivity contribution in [3.63, 3.8) is 0 Å². The molecule has 3 aromatic heterocycles. The Morgan fingerprint density at radius 1 is 0.441 bits per heavy atom. The van der Waals surface area contributed by atoms with Gasteiger partial charge >= 0.3 is 21.1 Å². The number of hydrogen-bond acceptors (Lipinski definition) is 3. The Morgan fingerprint density at radius 3 is 1.69 bits per heavy atom. The summed E-state index contributed by atoms with van der Waals surface area (Å²) in [6, 6.07) is 76.1. The maximum Gasteiger partial charge on any atom is 2.00 e. The van der Waals surface area contributed by atoms with Crippen LogP contribution in [0, 0.1) is 12.1 Å². The second-order valence-corrected chi connectivity index (χ2v) is 15.5. The minimum absolute atomic E-state index is 0. The second-order valence-electron chi connectivity index (χ2n) is 14.5. The molecule has 0 amide bonds. The standard InChI is InChI=1S/C54H33N3S.Pt/c1-3-10-36(11-4-1)38-18-22-40(23-19-38)42-28-31-51-48(33-42)47-29-26-44(54-56-50-16-7-8-17-53(50)58-54)34-52(47)57(51)46-15-9-14-43(32-46)49-30-27-45(35-55-49)41-24-20-39(21-25-41)37-12-5-2-6-13-37;/h1-31,33,35H;/q-2;+2. The summed E-state index contributed by atoms with van der Waals surface area (Å²) in [6.07, 6.45) is 1.96. The Bertz CT molecular complexity index is 3210. The first-order chi connectivity index (χ1) is 28.7. The molecule has 0 saturated heterocycles. The van der Waals surface area contributed by atoms with Crippen molar-refractivity contribution in [2.24, 2.45) is 0 Å². The van der Waals surface area contributed by atoms with E-state index < -0.39 is 0 Å². The summed E-state index contributed by atoms with van der Waals surface area (Å²) in [4.78, 5) is 9.93. The van der Waals surface area contributed by atoms with Gasteiger partial charge in [-0.3, -0.25) is 4.98 Å². The van der Waals surface area contributed by atoms with E-state index in [-0.39, 0.29) is 21.1 Å². The van der Waals surface area contributed by atoms with Crippen LogP contribution in [0.25, 0.3) is 104 Å². The Hall–Kier alpha value is -6.71. The molecule has 0 bridgehead atoms. The van der Waals surface area contributed by atoms with Gasteiger partial charge in [0.2, 0.25) is 0 Å². The summed E-state index contributed by atoms with van der Waals surface area (Å²) in [5, 5.41) is 3.24. The molecule has 0 aliphatic heterocycles. The monoisotopic (exact) mass is 950 g/mol. The molecule has 3 nitrogen and oxygen atoms in total. The van der Waals surface area contributed by atoms with Gasteiger partial charge in [0.1, 0.15) is 0 Å². The molecule has 11 aromatic rings. The third kappa shape index (κ3) is 6.91. The molecule has 5 heteroatoms. The molecule has 0 spiro atoms. The first kappa shape index (κ1) is 36.6. The number of pyridine rings is 1. The van der Waals surface area contributed by atoms with E-state index in [0.717, 1.165) is 71.5 Å². The average molecular weight is 951 g/mol. The number of aromatic nitrogens is 3. The first-order valence-electron chi connectivity index (χ1n) is 19.4. The van der Waals surface area contributed by atoms with Crippen molar-refractivity contribution in [1.82, 2.24) is 14.5 Å². The molecule has 11 rings (SSSR count). The summed E-state index contributed by atoms with van der Waals surface area (Å²) in [5.41, 5.74) is 16.1. The van der Waals surface area contributed by atoms with Crippen LogP contribution >= 0.6 is 11.3 Å². The number of benzene rings is 8. The van der Waals surface area contributed by atoms with Crippen LogP contribution in [0.2, 0.25) is 0 Å². The van der Waals surface area contributed by atoms with Crippen LogP contribution in [-0.4, -0.2) is 14.5 Å². The Balaban J connectivity index is 0.00000420. The van der Waals surface area contributed by atoms with Crippen LogP contribution in [-0.2, 0) is 21.1 Å². The van der Waals surface area contributed by atoms with Gasteiger partial charge in [0.05, 0.1) is 5.52 Å². The van der Waals surface area contributed by atoms with E-state index in [9.17, 15) is 0 Å². The molecule has 0 N–H and O–H groups in total. The summed E-state index contributed by atoms with van der Waals surface area (Å²) >= 11 is 1.70. The van der Waals surface area contributed by atoms with Crippen molar-refractivity contribution in [2.75, 3.05) is 0 Å². The molecule has 59 heavy (non-hydrogen) atoms. The fraction of sp³-hybridized carbons (Fsp3) is 0. The predicted octanol–water partition coefficient (Wildman–Crippen LogP) is 14.4. The molecule has 8 aromatic carbocycles. The third-order valence-electron chi connectivity index (χ3n) is 10.9.